The first-order valence-corrected chi connectivity index (χ1v) is 15.0. The summed E-state index contributed by atoms with van der Waals surface area (Å²) in [5.41, 5.74) is -0.805. The van der Waals surface area contributed by atoms with E-state index in [4.69, 9.17) is 13.9 Å². The minimum Gasteiger partial charge on any atom is -0.531 e. The molecule has 1 aromatic heterocycles. The van der Waals surface area contributed by atoms with Gasteiger partial charge in [-0.2, -0.15) is 0 Å². The zero-order valence-corrected chi connectivity index (χ0v) is 24.3. The van der Waals surface area contributed by atoms with Gasteiger partial charge in [-0.25, -0.2) is 9.36 Å². The number of aromatic hydroxyl groups is 2. The highest BCUT2D eigenvalue weighted by molar-refractivity contribution is 6.74. The number of benzene rings is 2. The van der Waals surface area contributed by atoms with Crippen LogP contribution >= 0.6 is 0 Å². The largest absolute Gasteiger partial charge is 0.531 e. The van der Waals surface area contributed by atoms with Crippen molar-refractivity contribution in [1.82, 2.24) is 4.57 Å². The fourth-order valence-corrected chi connectivity index (χ4v) is 4.82. The Morgan fingerprint density at radius 1 is 0.946 bits per heavy atom. The van der Waals surface area contributed by atoms with Crippen LogP contribution in [-0.4, -0.2) is 47.7 Å². The van der Waals surface area contributed by atoms with Gasteiger partial charge in [0.2, 0.25) is 0 Å². The molecule has 0 saturated heterocycles. The fraction of sp³-hybridized carbons (Fsp3) is 0.429. The molecular formula is C28H37NO7Si. The molecule has 2 aromatic carbocycles. The van der Waals surface area contributed by atoms with Gasteiger partial charge in [-0.1, -0.05) is 32.9 Å². The van der Waals surface area contributed by atoms with Gasteiger partial charge in [0.1, 0.15) is 22.8 Å². The van der Waals surface area contributed by atoms with Gasteiger partial charge in [0, 0.05) is 5.39 Å². The Bertz CT molecular complexity index is 1370. The lowest BCUT2D eigenvalue weighted by atomic mass is 9.93. The topological polar surface area (TPSA) is 107 Å². The number of carbonyl (C=O) groups excluding carboxylic acids is 2. The molecule has 200 valence electrons. The van der Waals surface area contributed by atoms with Crippen molar-refractivity contribution in [2.75, 3.05) is 7.11 Å². The monoisotopic (exact) mass is 527 g/mol. The van der Waals surface area contributed by atoms with E-state index in [0.717, 1.165) is 0 Å². The summed E-state index contributed by atoms with van der Waals surface area (Å²) in [5, 5.41) is 23.0. The number of rotatable bonds is 5. The first-order valence-electron chi connectivity index (χ1n) is 12.1. The van der Waals surface area contributed by atoms with Crippen molar-refractivity contribution < 1.29 is 33.7 Å². The lowest BCUT2D eigenvalue weighted by molar-refractivity contribution is 0.0531. The molecule has 8 nitrogen and oxygen atoms in total. The molecule has 0 amide bonds. The van der Waals surface area contributed by atoms with Crippen molar-refractivity contribution >= 4 is 31.0 Å². The quantitative estimate of drug-likeness (QED) is 0.207. The molecule has 0 aliphatic carbocycles. The van der Waals surface area contributed by atoms with Crippen LogP contribution < -0.4 is 9.16 Å². The van der Waals surface area contributed by atoms with E-state index in [1.807, 2.05) is 13.1 Å². The lowest BCUT2D eigenvalue weighted by Crippen LogP contribution is -2.44. The summed E-state index contributed by atoms with van der Waals surface area (Å²) in [6.45, 7) is 16.9. The third-order valence-electron chi connectivity index (χ3n) is 6.66. The van der Waals surface area contributed by atoms with Gasteiger partial charge in [-0.05, 0) is 64.0 Å². The highest BCUT2D eigenvalue weighted by atomic mass is 28.4. The molecule has 0 fully saturated rings. The summed E-state index contributed by atoms with van der Waals surface area (Å²) in [5.74, 6) is -0.603. The van der Waals surface area contributed by atoms with Crippen LogP contribution in [0.3, 0.4) is 0 Å². The zero-order chi connectivity index (χ0) is 28.1. The molecule has 0 spiro atoms. The van der Waals surface area contributed by atoms with Crippen LogP contribution in [-0.2, 0) is 4.74 Å². The maximum atomic E-state index is 13.5. The van der Waals surface area contributed by atoms with Gasteiger partial charge >= 0.3 is 6.09 Å². The van der Waals surface area contributed by atoms with E-state index >= 15 is 0 Å². The van der Waals surface area contributed by atoms with Crippen LogP contribution in [0.4, 0.5) is 4.79 Å². The van der Waals surface area contributed by atoms with E-state index in [0.29, 0.717) is 5.75 Å². The van der Waals surface area contributed by atoms with Gasteiger partial charge in [0.15, 0.2) is 11.7 Å². The number of hydrogen-bond acceptors (Lipinski definition) is 7. The first-order chi connectivity index (χ1) is 16.9. The van der Waals surface area contributed by atoms with Crippen LogP contribution in [0.2, 0.25) is 18.1 Å². The standard InChI is InChI=1S/C28H37NO7Si/c1-16(30)21-23(24(31)17-12-11-13-19(34-8)22(17)25(21)32)18-14-15-20(36-37(9,10)28(5,6)7)29(18)26(33)35-27(2,3)4/h11-15,31-32H,1-10H3. The summed E-state index contributed by atoms with van der Waals surface area (Å²) in [4.78, 5) is 26.4. The minimum atomic E-state index is -2.41. The third-order valence-corrected chi connectivity index (χ3v) is 11.0. The average Bonchev–Trinajstić information content (AvgIpc) is 3.15. The average molecular weight is 528 g/mol. The van der Waals surface area contributed by atoms with E-state index in [-0.39, 0.29) is 50.0 Å². The fourth-order valence-electron chi connectivity index (χ4n) is 3.83. The van der Waals surface area contributed by atoms with Crippen molar-refractivity contribution in [2.24, 2.45) is 0 Å². The molecule has 0 atom stereocenters. The van der Waals surface area contributed by atoms with E-state index < -0.39 is 25.8 Å². The molecule has 37 heavy (non-hydrogen) atoms. The van der Waals surface area contributed by atoms with Crippen molar-refractivity contribution in [3.05, 3.63) is 35.9 Å². The number of nitrogens with zero attached hydrogens (tertiary/aromatic N) is 1. The maximum absolute atomic E-state index is 13.5. The van der Waals surface area contributed by atoms with Crippen molar-refractivity contribution in [1.29, 1.82) is 0 Å². The normalized spacial score (nSPS) is 12.5. The molecule has 9 heteroatoms. The van der Waals surface area contributed by atoms with Crippen LogP contribution in [0.15, 0.2) is 30.3 Å². The smallest absolute Gasteiger partial charge is 0.421 e. The molecule has 1 heterocycles. The van der Waals surface area contributed by atoms with Gasteiger partial charge in [-0.3, -0.25) is 4.79 Å². The summed E-state index contributed by atoms with van der Waals surface area (Å²) < 4.78 is 18.8. The molecule has 3 rings (SSSR count). The molecule has 0 aliphatic rings. The Balaban J connectivity index is 2.43. The molecule has 2 N–H and O–H groups in total. The van der Waals surface area contributed by atoms with Gasteiger partial charge in [0.05, 0.1) is 29.3 Å². The van der Waals surface area contributed by atoms with Crippen molar-refractivity contribution in [2.45, 2.75) is 72.2 Å². The maximum Gasteiger partial charge on any atom is 0.421 e. The Kier molecular flexibility index (Phi) is 7.18. The lowest BCUT2D eigenvalue weighted by Gasteiger charge is -2.36. The second-order valence-electron chi connectivity index (χ2n) is 11.6. The van der Waals surface area contributed by atoms with Crippen molar-refractivity contribution in [3.8, 4) is 34.4 Å². The number of ketones is 1. The SMILES string of the molecule is COc1cccc2c(O)c(-c3ccc(O[Si](C)(C)C(C)(C)C)n3C(=O)OC(C)(C)C)c(C(C)=O)c(O)c12. The third kappa shape index (κ3) is 5.18. The Morgan fingerprint density at radius 3 is 2.08 bits per heavy atom. The summed E-state index contributed by atoms with van der Waals surface area (Å²) in [7, 11) is -0.974. The highest BCUT2D eigenvalue weighted by Gasteiger charge is 2.41. The highest BCUT2D eigenvalue weighted by Crippen LogP contribution is 2.49. The molecule has 0 saturated carbocycles. The van der Waals surface area contributed by atoms with Crippen LogP contribution in [0.5, 0.6) is 23.1 Å². The number of phenolic OH excluding ortho intramolecular Hbond substituents is 2. The van der Waals surface area contributed by atoms with E-state index in [1.54, 1.807) is 51.1 Å². The van der Waals surface area contributed by atoms with Crippen LogP contribution in [0.25, 0.3) is 22.0 Å². The number of hydrogen-bond donors (Lipinski definition) is 2. The Hall–Kier alpha value is -3.46. The van der Waals surface area contributed by atoms with Gasteiger partial charge in [0.25, 0.3) is 8.32 Å². The number of ether oxygens (including phenoxy) is 2. The first kappa shape index (κ1) is 28.1. The van der Waals surface area contributed by atoms with E-state index in [9.17, 15) is 19.8 Å². The summed E-state index contributed by atoms with van der Waals surface area (Å²) in [6.07, 6.45) is -0.736. The predicted molar refractivity (Wildman–Crippen MR) is 147 cm³/mol. The Morgan fingerprint density at radius 2 is 1.57 bits per heavy atom. The van der Waals surface area contributed by atoms with Crippen LogP contribution in [0.1, 0.15) is 58.8 Å². The number of aromatic nitrogens is 1. The predicted octanol–water partition coefficient (Wildman–Crippen LogP) is 7.10. The summed E-state index contributed by atoms with van der Waals surface area (Å²) in [6, 6.07) is 8.10. The molecule has 0 bridgehead atoms. The van der Waals surface area contributed by atoms with Crippen molar-refractivity contribution in [3.63, 3.8) is 0 Å². The van der Waals surface area contributed by atoms with E-state index in [1.165, 1.54) is 18.6 Å². The van der Waals surface area contributed by atoms with Gasteiger partial charge in [-0.15, -0.1) is 0 Å². The van der Waals surface area contributed by atoms with E-state index in [2.05, 4.69) is 20.8 Å². The molecule has 0 aliphatic heterocycles. The second kappa shape index (κ2) is 9.44. The zero-order valence-electron chi connectivity index (χ0n) is 23.3. The minimum absolute atomic E-state index is 0.00157. The Labute approximate surface area is 218 Å². The van der Waals surface area contributed by atoms with Crippen LogP contribution in [0, 0.1) is 0 Å². The molecule has 0 unspecified atom stereocenters. The molecule has 0 radical (unpaired) electrons. The second-order valence-corrected chi connectivity index (χ2v) is 16.3. The number of Topliss-reactive ketones (excluding diaryl/α,β-unsaturated/α-hetero) is 1. The summed E-state index contributed by atoms with van der Waals surface area (Å²) >= 11 is 0. The molecule has 3 aromatic rings. The van der Waals surface area contributed by atoms with Gasteiger partial charge < -0.3 is 24.1 Å². The molecular weight excluding hydrogens is 490 g/mol. The number of phenols is 2. The number of carbonyl (C=O) groups is 2. The number of fused-ring (bicyclic) bond motifs is 1. The number of methoxy groups -OCH3 is 1.